The van der Waals surface area contributed by atoms with Gasteiger partial charge in [0.1, 0.15) is 0 Å². The Balaban J connectivity index is 2.31. The number of carbonyl (C=O) groups is 1. The van der Waals surface area contributed by atoms with Crippen molar-refractivity contribution < 1.29 is 36.2 Å². The molecule has 10 heteroatoms. The van der Waals surface area contributed by atoms with E-state index in [1.165, 1.54) is 18.9 Å². The van der Waals surface area contributed by atoms with E-state index in [4.69, 9.17) is 0 Å². The molecule has 2 rings (SSSR count). The van der Waals surface area contributed by atoms with Gasteiger partial charge in [-0.25, -0.2) is 4.79 Å². The van der Waals surface area contributed by atoms with Crippen LogP contribution >= 0.6 is 0 Å². The first-order valence-corrected chi connectivity index (χ1v) is 8.30. The fraction of sp³-hybridized carbons (Fsp3) is 0.588. The van der Waals surface area contributed by atoms with Gasteiger partial charge in [-0.2, -0.15) is 26.3 Å². The van der Waals surface area contributed by atoms with Crippen LogP contribution in [0.4, 0.5) is 31.1 Å². The van der Waals surface area contributed by atoms with E-state index in [9.17, 15) is 36.2 Å². The maximum Gasteiger partial charge on any atom is 0.416 e. The second-order valence-corrected chi connectivity index (χ2v) is 6.63. The Bertz CT molecular complexity index is 649. The molecule has 1 heterocycles. The summed E-state index contributed by atoms with van der Waals surface area (Å²) < 4.78 is 78.0. The highest BCUT2D eigenvalue weighted by Gasteiger charge is 2.38. The first-order chi connectivity index (χ1) is 12.3. The third-order valence-corrected chi connectivity index (χ3v) is 4.71. The molecule has 1 aliphatic rings. The zero-order valence-corrected chi connectivity index (χ0v) is 14.7. The molecule has 1 N–H and O–H groups in total. The zero-order valence-electron chi connectivity index (χ0n) is 14.7. The van der Waals surface area contributed by atoms with Crippen molar-refractivity contribution in [2.24, 2.45) is 0 Å². The summed E-state index contributed by atoms with van der Waals surface area (Å²) in [5.41, 5.74) is -3.09. The van der Waals surface area contributed by atoms with E-state index in [1.807, 2.05) is 0 Å². The lowest BCUT2D eigenvalue weighted by molar-refractivity contribution is -0.143. The van der Waals surface area contributed by atoms with E-state index in [-0.39, 0.29) is 24.7 Å². The molecular weight excluding hydrogens is 378 g/mol. The minimum absolute atomic E-state index is 0.0596. The van der Waals surface area contributed by atoms with Gasteiger partial charge in [-0.1, -0.05) is 0 Å². The molecule has 1 saturated heterocycles. The van der Waals surface area contributed by atoms with Crippen LogP contribution in [0.2, 0.25) is 0 Å². The largest absolute Gasteiger partial charge is 0.416 e. The second-order valence-electron chi connectivity index (χ2n) is 6.63. The van der Waals surface area contributed by atoms with E-state index in [1.54, 1.807) is 0 Å². The van der Waals surface area contributed by atoms with Crippen LogP contribution in [-0.2, 0) is 12.4 Å². The van der Waals surface area contributed by atoms with Gasteiger partial charge in [0.05, 0.1) is 23.3 Å². The SMILES string of the molecule is C[C@@H](c1cc(C(F)(F)F)cc(C(F)(F)F)c1)N(C)C(=O)N1CCC(O)CC1. The molecular formula is C17H20F6N2O2. The van der Waals surface area contributed by atoms with E-state index < -0.39 is 41.7 Å². The number of alkyl halides is 6. The molecule has 2 amide bonds. The van der Waals surface area contributed by atoms with Gasteiger partial charge in [0.2, 0.25) is 0 Å². The average Bonchev–Trinajstić information content (AvgIpc) is 2.58. The van der Waals surface area contributed by atoms with Gasteiger partial charge in [0.25, 0.3) is 0 Å². The molecule has 0 aromatic heterocycles. The molecule has 1 aliphatic heterocycles. The number of benzene rings is 1. The lowest BCUT2D eigenvalue weighted by Gasteiger charge is -2.35. The minimum atomic E-state index is -4.94. The fourth-order valence-electron chi connectivity index (χ4n) is 2.89. The van der Waals surface area contributed by atoms with Crippen LogP contribution in [0.3, 0.4) is 0 Å². The molecule has 0 bridgehead atoms. The van der Waals surface area contributed by atoms with Gasteiger partial charge in [-0.3, -0.25) is 0 Å². The van der Waals surface area contributed by atoms with E-state index in [0.29, 0.717) is 25.0 Å². The predicted molar refractivity (Wildman–Crippen MR) is 84.8 cm³/mol. The molecule has 0 aliphatic carbocycles. The number of aliphatic hydroxyl groups excluding tert-OH is 1. The lowest BCUT2D eigenvalue weighted by Crippen LogP contribution is -2.46. The van der Waals surface area contributed by atoms with Crippen molar-refractivity contribution in [3.63, 3.8) is 0 Å². The van der Waals surface area contributed by atoms with Gasteiger partial charge < -0.3 is 14.9 Å². The van der Waals surface area contributed by atoms with Crippen molar-refractivity contribution in [1.29, 1.82) is 0 Å². The number of aliphatic hydroxyl groups is 1. The van der Waals surface area contributed by atoms with Crippen molar-refractivity contribution in [2.45, 2.75) is 44.3 Å². The molecule has 0 saturated carbocycles. The second kappa shape index (κ2) is 7.57. The number of nitrogens with zero attached hydrogens (tertiary/aromatic N) is 2. The van der Waals surface area contributed by atoms with Crippen LogP contribution in [0.1, 0.15) is 42.5 Å². The van der Waals surface area contributed by atoms with Crippen molar-refractivity contribution in [2.75, 3.05) is 20.1 Å². The topological polar surface area (TPSA) is 43.8 Å². The molecule has 0 radical (unpaired) electrons. The Morgan fingerprint density at radius 2 is 1.52 bits per heavy atom. The first-order valence-electron chi connectivity index (χ1n) is 8.30. The minimum Gasteiger partial charge on any atom is -0.393 e. The summed E-state index contributed by atoms with van der Waals surface area (Å²) in [6.45, 7) is 1.91. The highest BCUT2D eigenvalue weighted by Crippen LogP contribution is 2.38. The van der Waals surface area contributed by atoms with Crippen molar-refractivity contribution >= 4 is 6.03 Å². The summed E-state index contributed by atoms with van der Waals surface area (Å²) in [7, 11) is 1.32. The van der Waals surface area contributed by atoms with Crippen LogP contribution < -0.4 is 0 Å². The molecule has 1 atom stereocenters. The summed E-state index contributed by atoms with van der Waals surface area (Å²) in [6.07, 6.45) is -9.66. The fourth-order valence-corrected chi connectivity index (χ4v) is 2.89. The number of likely N-dealkylation sites (tertiary alicyclic amines) is 1. The van der Waals surface area contributed by atoms with Gasteiger partial charge in [-0.05, 0) is 43.5 Å². The van der Waals surface area contributed by atoms with E-state index in [0.717, 1.165) is 4.90 Å². The van der Waals surface area contributed by atoms with Gasteiger partial charge in [0, 0.05) is 20.1 Å². The number of urea groups is 1. The number of carbonyl (C=O) groups excluding carboxylic acids is 1. The van der Waals surface area contributed by atoms with Crippen LogP contribution in [-0.4, -0.2) is 47.2 Å². The smallest absolute Gasteiger partial charge is 0.393 e. The maximum absolute atomic E-state index is 13.0. The number of hydrogen-bond donors (Lipinski definition) is 1. The molecule has 4 nitrogen and oxygen atoms in total. The van der Waals surface area contributed by atoms with Crippen LogP contribution in [0.15, 0.2) is 18.2 Å². The zero-order chi connectivity index (χ0) is 20.6. The van der Waals surface area contributed by atoms with Gasteiger partial charge in [-0.15, -0.1) is 0 Å². The summed E-state index contributed by atoms with van der Waals surface area (Å²) in [5.74, 6) is 0. The summed E-state index contributed by atoms with van der Waals surface area (Å²) in [5, 5.41) is 9.48. The molecule has 1 aromatic rings. The van der Waals surface area contributed by atoms with Gasteiger partial charge >= 0.3 is 18.4 Å². The Morgan fingerprint density at radius 3 is 1.93 bits per heavy atom. The summed E-state index contributed by atoms with van der Waals surface area (Å²) in [4.78, 5) is 15.0. The molecule has 0 unspecified atom stereocenters. The normalized spacial score (nSPS) is 17.7. The van der Waals surface area contributed by atoms with Crippen molar-refractivity contribution in [1.82, 2.24) is 9.80 Å². The third-order valence-electron chi connectivity index (χ3n) is 4.71. The van der Waals surface area contributed by atoms with Crippen LogP contribution in [0.25, 0.3) is 0 Å². The standard InChI is InChI=1S/C17H20F6N2O2/c1-10(24(2)15(27)25-5-3-14(26)4-6-25)11-7-12(16(18,19)20)9-13(8-11)17(21,22)23/h7-10,14,26H,3-6H2,1-2H3/t10-/m0/s1. The molecule has 1 fully saturated rings. The van der Waals surface area contributed by atoms with E-state index in [2.05, 4.69) is 0 Å². The Kier molecular flexibility index (Phi) is 5.98. The highest BCUT2D eigenvalue weighted by atomic mass is 19.4. The number of piperidine rings is 1. The number of hydrogen-bond acceptors (Lipinski definition) is 2. The summed E-state index contributed by atoms with van der Waals surface area (Å²) >= 11 is 0. The van der Waals surface area contributed by atoms with Crippen molar-refractivity contribution in [3.8, 4) is 0 Å². The Morgan fingerprint density at radius 1 is 1.07 bits per heavy atom. The third kappa shape index (κ3) is 5.06. The molecule has 1 aromatic carbocycles. The van der Waals surface area contributed by atoms with Gasteiger partial charge in [0.15, 0.2) is 0 Å². The first kappa shape index (κ1) is 21.3. The van der Waals surface area contributed by atoms with Crippen molar-refractivity contribution in [3.05, 3.63) is 34.9 Å². The predicted octanol–water partition coefficient (Wildman–Crippen LogP) is 4.29. The van der Waals surface area contributed by atoms with Crippen LogP contribution in [0, 0.1) is 0 Å². The monoisotopic (exact) mass is 398 g/mol. The average molecular weight is 398 g/mol. The maximum atomic E-state index is 13.0. The summed E-state index contributed by atoms with van der Waals surface area (Å²) in [6, 6.07) is -0.203. The quantitative estimate of drug-likeness (QED) is 0.756. The molecule has 0 spiro atoms. The number of amides is 2. The van der Waals surface area contributed by atoms with Crippen LogP contribution in [0.5, 0.6) is 0 Å². The number of rotatable bonds is 2. The molecule has 27 heavy (non-hydrogen) atoms. The number of halogens is 6. The Labute approximate surface area is 152 Å². The van der Waals surface area contributed by atoms with E-state index >= 15 is 0 Å². The molecule has 152 valence electrons. The highest BCUT2D eigenvalue weighted by molar-refractivity contribution is 5.74. The lowest BCUT2D eigenvalue weighted by atomic mass is 9.99. The Hall–Kier alpha value is -1.97.